The van der Waals surface area contributed by atoms with Crippen molar-refractivity contribution < 1.29 is 0 Å². The number of allylic oxidation sites excluding steroid dienone is 14. The number of hydrogen-bond acceptors (Lipinski definition) is 1. The molecule has 3 aromatic carbocycles. The molecule has 0 atom stereocenters. The Hall–Kier alpha value is -4.88. The molecule has 224 valence electrons. The third-order valence-corrected chi connectivity index (χ3v) is 7.48. The maximum atomic E-state index is 4.13. The van der Waals surface area contributed by atoms with E-state index in [1.165, 1.54) is 39.1 Å². The summed E-state index contributed by atoms with van der Waals surface area (Å²) in [6.45, 7) is 18.8. The number of benzene rings is 3. The third kappa shape index (κ3) is 8.58. The molecule has 0 saturated heterocycles. The molecule has 0 saturated carbocycles. The van der Waals surface area contributed by atoms with Crippen LogP contribution in [0.15, 0.2) is 176 Å². The second-order valence-corrected chi connectivity index (χ2v) is 10.9. The van der Waals surface area contributed by atoms with Crippen LogP contribution in [-0.2, 0) is 5.41 Å². The Bertz CT molecular complexity index is 1630. The van der Waals surface area contributed by atoms with E-state index in [2.05, 4.69) is 142 Å². The van der Waals surface area contributed by atoms with E-state index in [-0.39, 0.29) is 5.41 Å². The van der Waals surface area contributed by atoms with Crippen molar-refractivity contribution in [1.82, 2.24) is 4.90 Å². The summed E-state index contributed by atoms with van der Waals surface area (Å²) in [4.78, 5) is 2.22. The van der Waals surface area contributed by atoms with Gasteiger partial charge in [0, 0.05) is 29.9 Å². The minimum Gasteiger partial charge on any atom is -0.353 e. The van der Waals surface area contributed by atoms with Crippen LogP contribution >= 0.6 is 0 Å². The lowest BCUT2D eigenvalue weighted by atomic mass is 9.84. The Labute approximate surface area is 266 Å². The van der Waals surface area contributed by atoms with Gasteiger partial charge < -0.3 is 4.90 Å². The lowest BCUT2D eigenvalue weighted by Crippen LogP contribution is -2.26. The topological polar surface area (TPSA) is 3.24 Å². The molecular formula is C43H47N. The van der Waals surface area contributed by atoms with E-state index in [9.17, 15) is 0 Å². The van der Waals surface area contributed by atoms with Crippen molar-refractivity contribution in [1.29, 1.82) is 0 Å². The molecule has 1 aliphatic carbocycles. The average molecular weight is 578 g/mol. The molecule has 3 aromatic rings. The fourth-order valence-electron chi connectivity index (χ4n) is 5.34. The first-order valence-electron chi connectivity index (χ1n) is 15.4. The van der Waals surface area contributed by atoms with Crippen LogP contribution in [0.25, 0.3) is 22.8 Å². The van der Waals surface area contributed by atoms with Crippen LogP contribution in [-0.4, -0.2) is 11.9 Å². The standard InChI is InChI=1S/C22H23N.C19H18.C2H6/c1-16-10-8-9-15-23(5)21-19(14-13-17(16)2)18-11-6-7-12-20(18)22(21,3)4;1-2-3-4-5-7-11-17-12-10-15-19(16-17)18-13-8-6-9-14-18;1-2/h6-15H,1-2H2,3-5H3;2-16H,1H3;1-2H3/b10-8-,14-13-,15-9-;3-2-,5-4-,11-7?;. The zero-order valence-corrected chi connectivity index (χ0v) is 27.3. The van der Waals surface area contributed by atoms with Gasteiger partial charge in [-0.15, -0.1) is 0 Å². The van der Waals surface area contributed by atoms with Gasteiger partial charge in [-0.3, -0.25) is 0 Å². The summed E-state index contributed by atoms with van der Waals surface area (Å²) in [5.41, 5.74) is 10.8. The maximum Gasteiger partial charge on any atom is 0.0352 e. The fourth-order valence-corrected chi connectivity index (χ4v) is 5.34. The summed E-state index contributed by atoms with van der Waals surface area (Å²) in [5, 5.41) is 0. The van der Waals surface area contributed by atoms with Gasteiger partial charge in [-0.25, -0.2) is 0 Å². The molecule has 44 heavy (non-hydrogen) atoms. The van der Waals surface area contributed by atoms with Crippen molar-refractivity contribution in [2.75, 3.05) is 7.05 Å². The number of fused-ring (bicyclic) bond motifs is 2. The summed E-state index contributed by atoms with van der Waals surface area (Å²) in [6.07, 6.45) is 24.7. The largest absolute Gasteiger partial charge is 0.353 e. The summed E-state index contributed by atoms with van der Waals surface area (Å²) >= 11 is 0. The normalized spacial score (nSPS) is 17.7. The zero-order chi connectivity index (χ0) is 32.0. The Morgan fingerprint density at radius 1 is 0.682 bits per heavy atom. The number of nitrogens with zero attached hydrogens (tertiary/aromatic N) is 1. The second-order valence-electron chi connectivity index (χ2n) is 10.9. The number of rotatable bonds is 4. The van der Waals surface area contributed by atoms with E-state index in [0.29, 0.717) is 0 Å². The average Bonchev–Trinajstić information content (AvgIpc) is 3.28. The lowest BCUT2D eigenvalue weighted by Gasteiger charge is -2.30. The molecule has 5 rings (SSSR count). The van der Waals surface area contributed by atoms with Gasteiger partial charge in [0.15, 0.2) is 0 Å². The van der Waals surface area contributed by atoms with E-state index >= 15 is 0 Å². The van der Waals surface area contributed by atoms with Crippen LogP contribution in [0.2, 0.25) is 0 Å². The maximum absolute atomic E-state index is 4.13. The molecule has 2 aliphatic rings. The first-order valence-corrected chi connectivity index (χ1v) is 15.4. The van der Waals surface area contributed by atoms with Crippen LogP contribution in [0.1, 0.15) is 51.3 Å². The fraction of sp³-hybridized carbons (Fsp3) is 0.163. The monoisotopic (exact) mass is 577 g/mol. The summed E-state index contributed by atoms with van der Waals surface area (Å²) in [5.74, 6) is 0. The predicted molar refractivity (Wildman–Crippen MR) is 196 cm³/mol. The SMILES string of the molecule is C/C=C\C=C/C=Cc1cccc(-c2ccccc2)c1.C=C1/C=C\C=C/N(C)C2=C(/C=C\C1=C)c1ccccc1C2(C)C.CC. The van der Waals surface area contributed by atoms with Crippen LogP contribution in [0.4, 0.5) is 0 Å². The summed E-state index contributed by atoms with van der Waals surface area (Å²) < 4.78 is 0. The number of likely N-dealkylation sites (N-methyl/N-ethyl adjacent to an activating group) is 1. The highest BCUT2D eigenvalue weighted by molar-refractivity contribution is 5.86. The lowest BCUT2D eigenvalue weighted by molar-refractivity contribution is 0.452. The Morgan fingerprint density at radius 2 is 1.34 bits per heavy atom. The van der Waals surface area contributed by atoms with Crippen LogP contribution in [0.5, 0.6) is 0 Å². The van der Waals surface area contributed by atoms with Gasteiger partial charge >= 0.3 is 0 Å². The number of hydrogen-bond donors (Lipinski definition) is 0. The summed E-state index contributed by atoms with van der Waals surface area (Å²) in [6, 6.07) is 27.7. The molecule has 0 aromatic heterocycles. The van der Waals surface area contributed by atoms with Gasteiger partial charge in [0.05, 0.1) is 0 Å². The van der Waals surface area contributed by atoms with Gasteiger partial charge in [0.25, 0.3) is 0 Å². The molecule has 0 N–H and O–H groups in total. The van der Waals surface area contributed by atoms with Crippen molar-refractivity contribution in [3.8, 4) is 11.1 Å². The minimum absolute atomic E-state index is 0.0362. The molecule has 1 heterocycles. The van der Waals surface area contributed by atoms with Crippen LogP contribution in [0.3, 0.4) is 0 Å². The van der Waals surface area contributed by atoms with Crippen molar-refractivity contribution >= 4 is 11.6 Å². The third-order valence-electron chi connectivity index (χ3n) is 7.48. The van der Waals surface area contributed by atoms with E-state index in [4.69, 9.17) is 0 Å². The van der Waals surface area contributed by atoms with Gasteiger partial charge in [-0.05, 0) is 58.0 Å². The minimum atomic E-state index is -0.0362. The van der Waals surface area contributed by atoms with Gasteiger partial charge in [0.1, 0.15) is 0 Å². The Balaban J connectivity index is 0.000000232. The molecular weight excluding hydrogens is 530 g/mol. The van der Waals surface area contributed by atoms with Crippen LogP contribution < -0.4 is 0 Å². The molecule has 0 fully saturated rings. The first-order chi connectivity index (χ1) is 21.3. The van der Waals surface area contributed by atoms with Crippen molar-refractivity contribution in [2.24, 2.45) is 0 Å². The quantitative estimate of drug-likeness (QED) is 0.279. The Kier molecular flexibility index (Phi) is 12.7. The highest BCUT2D eigenvalue weighted by atomic mass is 15.1. The van der Waals surface area contributed by atoms with Crippen molar-refractivity contribution in [3.63, 3.8) is 0 Å². The smallest absolute Gasteiger partial charge is 0.0352 e. The highest BCUT2D eigenvalue weighted by Gasteiger charge is 2.38. The van der Waals surface area contributed by atoms with Gasteiger partial charge in [-0.1, -0.05) is 174 Å². The summed E-state index contributed by atoms with van der Waals surface area (Å²) in [7, 11) is 2.11. The van der Waals surface area contributed by atoms with E-state index in [0.717, 1.165) is 11.1 Å². The molecule has 0 bridgehead atoms. The van der Waals surface area contributed by atoms with E-state index < -0.39 is 0 Å². The molecule has 0 unspecified atom stereocenters. The molecule has 0 radical (unpaired) electrons. The molecule has 1 aliphatic heterocycles. The highest BCUT2D eigenvalue weighted by Crippen LogP contribution is 2.47. The Morgan fingerprint density at radius 3 is 2.09 bits per heavy atom. The van der Waals surface area contributed by atoms with E-state index in [1.807, 2.05) is 69.4 Å². The molecule has 1 nitrogen and oxygen atoms in total. The van der Waals surface area contributed by atoms with Crippen molar-refractivity contribution in [2.45, 2.75) is 40.0 Å². The second kappa shape index (κ2) is 16.7. The molecule has 0 spiro atoms. The van der Waals surface area contributed by atoms with Crippen LogP contribution in [0, 0.1) is 0 Å². The van der Waals surface area contributed by atoms with Crippen molar-refractivity contribution in [3.05, 3.63) is 193 Å². The van der Waals surface area contributed by atoms with E-state index in [1.54, 1.807) is 0 Å². The first kappa shape index (κ1) is 33.6. The predicted octanol–water partition coefficient (Wildman–Crippen LogP) is 11.9. The molecule has 0 amide bonds. The zero-order valence-electron chi connectivity index (χ0n) is 27.3. The van der Waals surface area contributed by atoms with Gasteiger partial charge in [0.2, 0.25) is 0 Å². The van der Waals surface area contributed by atoms with Gasteiger partial charge in [-0.2, -0.15) is 0 Å². The molecule has 1 heteroatoms.